The molecular formula is C16H26N4O2S. The van der Waals surface area contributed by atoms with E-state index in [2.05, 4.69) is 29.4 Å². The molecule has 0 bridgehead atoms. The molecule has 1 aliphatic rings. The van der Waals surface area contributed by atoms with Crippen molar-refractivity contribution in [3.8, 4) is 0 Å². The molecule has 1 aromatic rings. The Balaban J connectivity index is 1.91. The number of hydrogen-bond donors (Lipinski definition) is 2. The molecule has 0 saturated carbocycles. The van der Waals surface area contributed by atoms with E-state index in [9.17, 15) is 9.59 Å². The van der Waals surface area contributed by atoms with Gasteiger partial charge in [-0.3, -0.25) is 14.7 Å². The van der Waals surface area contributed by atoms with Gasteiger partial charge in [-0.15, -0.1) is 0 Å². The van der Waals surface area contributed by atoms with Gasteiger partial charge in [0.05, 0.1) is 5.25 Å². The number of aromatic nitrogens is 2. The number of nitrogens with zero attached hydrogens (tertiary/aromatic N) is 2. The SMILES string of the molecule is CCC(SC)C(=O)NC1CCN(C(=O)c2cc(C(C)C)[nH]n2)C1. The van der Waals surface area contributed by atoms with E-state index in [0.717, 1.165) is 18.5 Å². The van der Waals surface area contributed by atoms with Crippen molar-refractivity contribution in [3.05, 3.63) is 17.5 Å². The third-order valence-electron chi connectivity index (χ3n) is 4.21. The Labute approximate surface area is 141 Å². The van der Waals surface area contributed by atoms with Gasteiger partial charge in [0.15, 0.2) is 0 Å². The molecule has 2 atom stereocenters. The fraction of sp³-hybridized carbons (Fsp3) is 0.688. The van der Waals surface area contributed by atoms with Gasteiger partial charge in [-0.05, 0) is 31.1 Å². The van der Waals surface area contributed by atoms with Crippen molar-refractivity contribution in [1.29, 1.82) is 0 Å². The molecule has 2 unspecified atom stereocenters. The summed E-state index contributed by atoms with van der Waals surface area (Å²) in [6.45, 7) is 7.33. The summed E-state index contributed by atoms with van der Waals surface area (Å²) in [6, 6.07) is 1.86. The van der Waals surface area contributed by atoms with Gasteiger partial charge in [0.1, 0.15) is 5.69 Å². The minimum atomic E-state index is -0.0678. The molecule has 2 amide bonds. The molecule has 7 heteroatoms. The zero-order valence-electron chi connectivity index (χ0n) is 14.3. The van der Waals surface area contributed by atoms with Crippen molar-refractivity contribution in [1.82, 2.24) is 20.4 Å². The van der Waals surface area contributed by atoms with Crippen LogP contribution in [0.2, 0.25) is 0 Å². The third-order valence-corrected chi connectivity index (χ3v) is 5.32. The Morgan fingerprint density at radius 1 is 1.52 bits per heavy atom. The summed E-state index contributed by atoms with van der Waals surface area (Å²) in [4.78, 5) is 26.4. The highest BCUT2D eigenvalue weighted by molar-refractivity contribution is 7.99. The van der Waals surface area contributed by atoms with E-state index in [1.54, 1.807) is 16.7 Å². The Kier molecular flexibility index (Phi) is 6.10. The number of rotatable bonds is 6. The molecular weight excluding hydrogens is 312 g/mol. The second-order valence-electron chi connectivity index (χ2n) is 6.24. The highest BCUT2D eigenvalue weighted by atomic mass is 32.2. The maximum absolute atomic E-state index is 12.5. The molecule has 0 aliphatic carbocycles. The van der Waals surface area contributed by atoms with Crippen LogP contribution in [0.5, 0.6) is 0 Å². The normalized spacial score (nSPS) is 19.2. The quantitative estimate of drug-likeness (QED) is 0.832. The number of hydrogen-bond acceptors (Lipinski definition) is 4. The van der Waals surface area contributed by atoms with Crippen LogP contribution in [-0.4, -0.2) is 57.5 Å². The van der Waals surface area contributed by atoms with Gasteiger partial charge in [-0.2, -0.15) is 16.9 Å². The third kappa shape index (κ3) is 4.28. The predicted molar refractivity (Wildman–Crippen MR) is 92.7 cm³/mol. The zero-order chi connectivity index (χ0) is 17.0. The number of carbonyl (C=O) groups is 2. The number of aromatic amines is 1. The molecule has 0 aromatic carbocycles. The molecule has 1 aliphatic heterocycles. The van der Waals surface area contributed by atoms with Crippen molar-refractivity contribution in [3.63, 3.8) is 0 Å². The van der Waals surface area contributed by atoms with Gasteiger partial charge in [0, 0.05) is 24.8 Å². The first-order valence-corrected chi connectivity index (χ1v) is 9.42. The summed E-state index contributed by atoms with van der Waals surface area (Å²) < 4.78 is 0. The molecule has 1 fully saturated rings. The van der Waals surface area contributed by atoms with Crippen LogP contribution < -0.4 is 5.32 Å². The fourth-order valence-corrected chi connectivity index (χ4v) is 3.34. The first-order valence-electron chi connectivity index (χ1n) is 8.14. The van der Waals surface area contributed by atoms with Crippen LogP contribution >= 0.6 is 11.8 Å². The molecule has 2 rings (SSSR count). The van der Waals surface area contributed by atoms with Crippen LogP contribution in [0.3, 0.4) is 0 Å². The molecule has 0 spiro atoms. The van der Waals surface area contributed by atoms with Crippen LogP contribution in [-0.2, 0) is 4.79 Å². The van der Waals surface area contributed by atoms with Crippen LogP contribution in [0.4, 0.5) is 0 Å². The van der Waals surface area contributed by atoms with Gasteiger partial charge in [0.25, 0.3) is 5.91 Å². The van der Waals surface area contributed by atoms with E-state index in [-0.39, 0.29) is 23.1 Å². The Bertz CT molecular complexity index is 554. The van der Waals surface area contributed by atoms with Crippen molar-refractivity contribution >= 4 is 23.6 Å². The van der Waals surface area contributed by atoms with E-state index < -0.39 is 0 Å². The van der Waals surface area contributed by atoms with Gasteiger partial charge < -0.3 is 10.2 Å². The molecule has 2 N–H and O–H groups in total. The summed E-state index contributed by atoms with van der Waals surface area (Å²) in [7, 11) is 0. The minimum absolute atomic E-state index is 0.0142. The van der Waals surface area contributed by atoms with Gasteiger partial charge >= 0.3 is 0 Å². The average Bonchev–Trinajstić information content (AvgIpc) is 3.17. The fourth-order valence-electron chi connectivity index (χ4n) is 2.72. The number of amides is 2. The van der Waals surface area contributed by atoms with Crippen LogP contribution in [0.1, 0.15) is 55.7 Å². The lowest BCUT2D eigenvalue weighted by Gasteiger charge is -2.18. The Hall–Kier alpha value is -1.50. The molecule has 2 heterocycles. The first kappa shape index (κ1) is 17.8. The van der Waals surface area contributed by atoms with E-state index >= 15 is 0 Å². The second-order valence-corrected chi connectivity index (χ2v) is 7.28. The van der Waals surface area contributed by atoms with Crippen LogP contribution in [0, 0.1) is 0 Å². The van der Waals surface area contributed by atoms with Crippen LogP contribution in [0.25, 0.3) is 0 Å². The van der Waals surface area contributed by atoms with E-state index in [4.69, 9.17) is 0 Å². The highest BCUT2D eigenvalue weighted by Gasteiger charge is 2.30. The molecule has 128 valence electrons. The summed E-state index contributed by atoms with van der Waals surface area (Å²) in [5, 5.41) is 10.1. The zero-order valence-corrected chi connectivity index (χ0v) is 15.1. The second kappa shape index (κ2) is 7.86. The monoisotopic (exact) mass is 338 g/mol. The highest BCUT2D eigenvalue weighted by Crippen LogP contribution is 2.17. The van der Waals surface area contributed by atoms with Gasteiger partial charge in [-0.25, -0.2) is 0 Å². The number of nitrogens with one attached hydrogen (secondary N) is 2. The topological polar surface area (TPSA) is 78.1 Å². The standard InChI is InChI=1S/C16H26N4O2S/c1-5-14(23-4)15(21)17-11-6-7-20(9-11)16(22)13-8-12(10(2)3)18-19-13/h8,10-11,14H,5-7,9H2,1-4H3,(H,17,21)(H,18,19). The summed E-state index contributed by atoms with van der Waals surface area (Å²) in [5.74, 6) is 0.315. The van der Waals surface area contributed by atoms with E-state index in [1.807, 2.05) is 19.2 Å². The van der Waals surface area contributed by atoms with E-state index in [1.165, 1.54) is 0 Å². The number of thioether (sulfide) groups is 1. The van der Waals surface area contributed by atoms with Crippen molar-refractivity contribution in [2.24, 2.45) is 0 Å². The lowest BCUT2D eigenvalue weighted by molar-refractivity contribution is -0.121. The number of H-pyrrole nitrogens is 1. The van der Waals surface area contributed by atoms with Crippen molar-refractivity contribution < 1.29 is 9.59 Å². The average molecular weight is 338 g/mol. The molecule has 1 saturated heterocycles. The Morgan fingerprint density at radius 3 is 2.83 bits per heavy atom. The first-order chi connectivity index (χ1) is 11.0. The van der Waals surface area contributed by atoms with Crippen molar-refractivity contribution in [2.45, 2.75) is 50.8 Å². The molecule has 0 radical (unpaired) electrons. The summed E-state index contributed by atoms with van der Waals surface area (Å²) >= 11 is 1.56. The maximum atomic E-state index is 12.5. The number of likely N-dealkylation sites (tertiary alicyclic amines) is 1. The van der Waals surface area contributed by atoms with Gasteiger partial charge in [-0.1, -0.05) is 20.8 Å². The van der Waals surface area contributed by atoms with E-state index in [0.29, 0.717) is 24.7 Å². The van der Waals surface area contributed by atoms with Gasteiger partial charge in [0.2, 0.25) is 5.91 Å². The lowest BCUT2D eigenvalue weighted by atomic mass is 10.1. The summed E-state index contributed by atoms with van der Waals surface area (Å²) in [5.41, 5.74) is 1.42. The minimum Gasteiger partial charge on any atom is -0.351 e. The lowest BCUT2D eigenvalue weighted by Crippen LogP contribution is -2.42. The number of carbonyl (C=O) groups excluding carboxylic acids is 2. The Morgan fingerprint density at radius 2 is 2.26 bits per heavy atom. The largest absolute Gasteiger partial charge is 0.351 e. The summed E-state index contributed by atoms with van der Waals surface area (Å²) in [6.07, 6.45) is 3.56. The van der Waals surface area contributed by atoms with Crippen molar-refractivity contribution in [2.75, 3.05) is 19.3 Å². The smallest absolute Gasteiger partial charge is 0.274 e. The maximum Gasteiger partial charge on any atom is 0.274 e. The predicted octanol–water partition coefficient (Wildman–Crippen LogP) is 2.01. The van der Waals surface area contributed by atoms with Crippen LogP contribution in [0.15, 0.2) is 6.07 Å². The molecule has 6 nitrogen and oxygen atoms in total. The molecule has 1 aromatic heterocycles. The molecule has 23 heavy (non-hydrogen) atoms.